The average molecular weight is 342 g/mol. The van der Waals surface area contributed by atoms with Crippen LogP contribution < -0.4 is 10.6 Å². The number of carbonyl (C=O) groups is 1. The van der Waals surface area contributed by atoms with Gasteiger partial charge in [-0.1, -0.05) is 19.9 Å². The van der Waals surface area contributed by atoms with Crippen LogP contribution in [0.3, 0.4) is 0 Å². The second-order valence-corrected chi connectivity index (χ2v) is 6.37. The van der Waals surface area contributed by atoms with Crippen molar-refractivity contribution in [2.75, 3.05) is 19.8 Å². The minimum Gasteiger partial charge on any atom is -0.348 e. The van der Waals surface area contributed by atoms with Gasteiger partial charge in [-0.05, 0) is 18.9 Å². The Kier molecular flexibility index (Phi) is 6.12. The van der Waals surface area contributed by atoms with Gasteiger partial charge < -0.3 is 20.1 Å². The van der Waals surface area contributed by atoms with Crippen LogP contribution in [-0.4, -0.2) is 31.6 Å². The van der Waals surface area contributed by atoms with Crippen molar-refractivity contribution in [2.45, 2.75) is 39.0 Å². The van der Waals surface area contributed by atoms with Crippen molar-refractivity contribution in [1.82, 2.24) is 10.6 Å². The zero-order valence-electron chi connectivity index (χ0n) is 14.2. The van der Waals surface area contributed by atoms with Crippen LogP contribution in [0.4, 0.5) is 13.6 Å². The van der Waals surface area contributed by atoms with E-state index in [2.05, 4.69) is 10.6 Å². The topological polar surface area (TPSA) is 59.6 Å². The maximum absolute atomic E-state index is 14.0. The van der Waals surface area contributed by atoms with E-state index in [4.69, 9.17) is 9.47 Å². The van der Waals surface area contributed by atoms with Gasteiger partial charge in [0.05, 0.1) is 19.3 Å². The van der Waals surface area contributed by atoms with Crippen LogP contribution in [0.2, 0.25) is 0 Å². The van der Waals surface area contributed by atoms with Crippen molar-refractivity contribution < 1.29 is 23.0 Å². The second-order valence-electron chi connectivity index (χ2n) is 6.37. The summed E-state index contributed by atoms with van der Waals surface area (Å²) in [5, 5.41) is 5.45. The Morgan fingerprint density at radius 2 is 1.96 bits per heavy atom. The van der Waals surface area contributed by atoms with Crippen molar-refractivity contribution in [3.05, 3.63) is 35.4 Å². The number of urea groups is 1. The molecule has 0 aromatic heterocycles. The molecule has 1 atom stereocenters. The van der Waals surface area contributed by atoms with Gasteiger partial charge in [-0.25, -0.2) is 13.6 Å². The first-order chi connectivity index (χ1) is 11.3. The molecule has 1 aliphatic heterocycles. The predicted octanol–water partition coefficient (Wildman–Crippen LogP) is 3.11. The van der Waals surface area contributed by atoms with Crippen LogP contribution in [-0.2, 0) is 9.47 Å². The smallest absolute Gasteiger partial charge is 0.315 e. The van der Waals surface area contributed by atoms with E-state index in [0.29, 0.717) is 26.2 Å². The van der Waals surface area contributed by atoms with Gasteiger partial charge in [0.1, 0.15) is 11.6 Å². The fourth-order valence-corrected chi connectivity index (χ4v) is 2.65. The van der Waals surface area contributed by atoms with Crippen molar-refractivity contribution >= 4 is 6.03 Å². The lowest BCUT2D eigenvalue weighted by Gasteiger charge is -2.25. The van der Waals surface area contributed by atoms with Gasteiger partial charge in [0, 0.05) is 24.6 Å². The van der Waals surface area contributed by atoms with Gasteiger partial charge >= 0.3 is 6.03 Å². The molecule has 2 rings (SSSR count). The lowest BCUT2D eigenvalue weighted by Crippen LogP contribution is -2.42. The first-order valence-electron chi connectivity index (χ1n) is 8.08. The Morgan fingerprint density at radius 1 is 1.29 bits per heavy atom. The number of hydrogen-bond acceptors (Lipinski definition) is 3. The van der Waals surface area contributed by atoms with Gasteiger partial charge in [0.2, 0.25) is 0 Å². The van der Waals surface area contributed by atoms with Gasteiger partial charge in [-0.15, -0.1) is 0 Å². The molecule has 1 aliphatic rings. The highest BCUT2D eigenvalue weighted by atomic mass is 19.1. The van der Waals surface area contributed by atoms with Crippen molar-refractivity contribution in [1.29, 1.82) is 0 Å². The van der Waals surface area contributed by atoms with E-state index in [1.54, 1.807) is 0 Å². The van der Waals surface area contributed by atoms with Crippen LogP contribution in [0.15, 0.2) is 18.2 Å². The SMILES string of the molecule is CC(C)[C@H](NC(=O)NCCC1(C)OCCO1)c1ccc(F)cc1F. The van der Waals surface area contributed by atoms with Gasteiger partial charge in [-0.2, -0.15) is 0 Å². The zero-order valence-corrected chi connectivity index (χ0v) is 14.2. The van der Waals surface area contributed by atoms with Crippen LogP contribution in [0, 0.1) is 17.6 Å². The van der Waals surface area contributed by atoms with E-state index in [9.17, 15) is 13.6 Å². The number of hydrogen-bond donors (Lipinski definition) is 2. The predicted molar refractivity (Wildman–Crippen MR) is 85.4 cm³/mol. The molecule has 0 unspecified atom stereocenters. The Balaban J connectivity index is 1.91. The molecule has 1 heterocycles. The van der Waals surface area contributed by atoms with E-state index in [-0.39, 0.29) is 11.5 Å². The molecule has 2 amide bonds. The summed E-state index contributed by atoms with van der Waals surface area (Å²) >= 11 is 0. The molecule has 0 radical (unpaired) electrons. The largest absolute Gasteiger partial charge is 0.348 e. The summed E-state index contributed by atoms with van der Waals surface area (Å²) in [5.41, 5.74) is 0.260. The maximum Gasteiger partial charge on any atom is 0.315 e. The fourth-order valence-electron chi connectivity index (χ4n) is 2.65. The molecule has 134 valence electrons. The minimum absolute atomic E-state index is 0.0604. The van der Waals surface area contributed by atoms with Crippen molar-refractivity contribution in [2.24, 2.45) is 5.92 Å². The maximum atomic E-state index is 14.0. The molecular weight excluding hydrogens is 318 g/mol. The monoisotopic (exact) mass is 342 g/mol. The molecule has 5 nitrogen and oxygen atoms in total. The molecule has 0 saturated carbocycles. The fraction of sp³-hybridized carbons (Fsp3) is 0.588. The molecule has 1 aromatic rings. The highest BCUT2D eigenvalue weighted by Crippen LogP contribution is 2.25. The molecule has 0 spiro atoms. The molecule has 1 saturated heterocycles. The third-order valence-electron chi connectivity index (χ3n) is 4.01. The van der Waals surface area contributed by atoms with Crippen molar-refractivity contribution in [3.8, 4) is 0 Å². The van der Waals surface area contributed by atoms with E-state index in [1.165, 1.54) is 12.1 Å². The summed E-state index contributed by atoms with van der Waals surface area (Å²) in [4.78, 5) is 12.1. The molecule has 0 aliphatic carbocycles. The number of carbonyl (C=O) groups excluding carboxylic acids is 1. The Labute approximate surface area is 140 Å². The Hall–Kier alpha value is -1.73. The van der Waals surface area contributed by atoms with Crippen LogP contribution >= 0.6 is 0 Å². The number of ether oxygens (including phenoxy) is 2. The van der Waals surface area contributed by atoms with E-state index < -0.39 is 29.5 Å². The average Bonchev–Trinajstić information content (AvgIpc) is 2.92. The second kappa shape index (κ2) is 7.90. The summed E-state index contributed by atoms with van der Waals surface area (Å²) < 4.78 is 38.0. The quantitative estimate of drug-likeness (QED) is 0.835. The molecule has 0 bridgehead atoms. The van der Waals surface area contributed by atoms with Crippen LogP contribution in [0.25, 0.3) is 0 Å². The van der Waals surface area contributed by atoms with E-state index >= 15 is 0 Å². The highest BCUT2D eigenvalue weighted by Gasteiger charge is 2.30. The van der Waals surface area contributed by atoms with Gasteiger partial charge in [0.15, 0.2) is 5.79 Å². The number of halogens is 2. The summed E-state index contributed by atoms with van der Waals surface area (Å²) in [7, 11) is 0. The summed E-state index contributed by atoms with van der Waals surface area (Å²) in [5.74, 6) is -2.05. The number of rotatable bonds is 6. The zero-order chi connectivity index (χ0) is 17.7. The standard InChI is InChI=1S/C17H24F2N2O3/c1-11(2)15(13-5-4-12(18)10-14(13)19)21-16(22)20-7-6-17(3)23-8-9-24-17/h4-5,10-11,15H,6-9H2,1-3H3,(H2,20,21,22)/t15-/m0/s1. The third-order valence-corrected chi connectivity index (χ3v) is 4.01. The van der Waals surface area contributed by atoms with Crippen LogP contribution in [0.1, 0.15) is 38.8 Å². The Morgan fingerprint density at radius 3 is 2.54 bits per heavy atom. The van der Waals surface area contributed by atoms with E-state index in [0.717, 1.165) is 6.07 Å². The lowest BCUT2D eigenvalue weighted by atomic mass is 9.95. The molecular formula is C17H24F2N2O3. The summed E-state index contributed by atoms with van der Waals surface area (Å²) in [6.07, 6.45) is 0.512. The molecule has 24 heavy (non-hydrogen) atoms. The lowest BCUT2D eigenvalue weighted by molar-refractivity contribution is -0.145. The summed E-state index contributed by atoms with van der Waals surface area (Å²) in [6.45, 7) is 6.98. The Bertz CT molecular complexity index is 575. The molecule has 7 heteroatoms. The third kappa shape index (κ3) is 4.88. The first-order valence-corrected chi connectivity index (χ1v) is 8.08. The minimum atomic E-state index is -0.673. The van der Waals surface area contributed by atoms with Gasteiger partial charge in [-0.3, -0.25) is 0 Å². The molecule has 2 N–H and O–H groups in total. The molecule has 1 aromatic carbocycles. The normalized spacial score (nSPS) is 17.8. The number of nitrogens with one attached hydrogen (secondary N) is 2. The highest BCUT2D eigenvalue weighted by molar-refractivity contribution is 5.74. The van der Waals surface area contributed by atoms with Gasteiger partial charge in [0.25, 0.3) is 0 Å². The molecule has 1 fully saturated rings. The number of amides is 2. The first kappa shape index (κ1) is 18.6. The van der Waals surface area contributed by atoms with E-state index in [1.807, 2.05) is 20.8 Å². The van der Waals surface area contributed by atoms with Crippen molar-refractivity contribution in [3.63, 3.8) is 0 Å². The van der Waals surface area contributed by atoms with Crippen LogP contribution in [0.5, 0.6) is 0 Å². The number of benzene rings is 1. The summed E-state index contributed by atoms with van der Waals surface area (Å²) in [6, 6.07) is 2.39.